The Hall–Kier alpha value is -2.62. The molecular weight excluding hydrogens is 476 g/mol. The second-order valence-corrected chi connectivity index (χ2v) is 12.1. The number of hydrogen-bond donors (Lipinski definition) is 4. The minimum atomic E-state index is -3.43. The SMILES string of the molecule is CC(C)NC[C@@H](O)[C@H](Cc1ccccc1)NC(=O)c1cc(NC(C)C)cc(N2CCCCS2(=O)=O)c1. The molecule has 1 fully saturated rings. The molecule has 0 aromatic heterocycles. The second-order valence-electron chi connectivity index (χ2n) is 10.1. The van der Waals surface area contributed by atoms with Crippen molar-refractivity contribution in [1.82, 2.24) is 10.6 Å². The van der Waals surface area contributed by atoms with Gasteiger partial charge in [-0.05, 0) is 56.9 Å². The van der Waals surface area contributed by atoms with Gasteiger partial charge in [0.25, 0.3) is 5.91 Å². The van der Waals surface area contributed by atoms with Gasteiger partial charge in [-0.1, -0.05) is 44.2 Å². The summed E-state index contributed by atoms with van der Waals surface area (Å²) >= 11 is 0. The molecule has 1 aliphatic rings. The molecule has 2 aromatic rings. The van der Waals surface area contributed by atoms with Crippen LogP contribution in [0.3, 0.4) is 0 Å². The normalized spacial score (nSPS) is 17.1. The second kappa shape index (κ2) is 12.6. The zero-order valence-corrected chi connectivity index (χ0v) is 22.5. The molecule has 198 valence electrons. The number of nitrogens with zero attached hydrogens (tertiary/aromatic N) is 1. The maximum atomic E-state index is 13.5. The van der Waals surface area contributed by atoms with E-state index in [1.54, 1.807) is 18.2 Å². The van der Waals surface area contributed by atoms with Crippen LogP contribution in [0.15, 0.2) is 48.5 Å². The van der Waals surface area contributed by atoms with Gasteiger partial charge in [-0.15, -0.1) is 0 Å². The van der Waals surface area contributed by atoms with E-state index in [9.17, 15) is 18.3 Å². The first-order valence-electron chi connectivity index (χ1n) is 12.7. The van der Waals surface area contributed by atoms with Crippen LogP contribution in [0.4, 0.5) is 11.4 Å². The lowest BCUT2D eigenvalue weighted by molar-refractivity contribution is 0.0827. The van der Waals surface area contributed by atoms with Crippen molar-refractivity contribution >= 4 is 27.3 Å². The topological polar surface area (TPSA) is 111 Å². The quantitative estimate of drug-likeness (QED) is 0.365. The summed E-state index contributed by atoms with van der Waals surface area (Å²) in [7, 11) is -3.43. The summed E-state index contributed by atoms with van der Waals surface area (Å²) in [5.74, 6) is -0.257. The third kappa shape index (κ3) is 7.94. The van der Waals surface area contributed by atoms with Gasteiger partial charge in [0.05, 0.1) is 23.6 Å². The van der Waals surface area contributed by atoms with E-state index in [-0.39, 0.29) is 23.7 Å². The van der Waals surface area contributed by atoms with E-state index >= 15 is 0 Å². The largest absolute Gasteiger partial charge is 0.390 e. The van der Waals surface area contributed by atoms with Crippen molar-refractivity contribution in [3.63, 3.8) is 0 Å². The summed E-state index contributed by atoms with van der Waals surface area (Å²) in [6.07, 6.45) is 1.07. The number of nitrogens with one attached hydrogen (secondary N) is 3. The van der Waals surface area contributed by atoms with Crippen LogP contribution in [0, 0.1) is 0 Å². The molecular formula is C27H40N4O4S. The highest BCUT2D eigenvalue weighted by Gasteiger charge is 2.28. The lowest BCUT2D eigenvalue weighted by atomic mass is 10.00. The number of sulfonamides is 1. The van der Waals surface area contributed by atoms with Crippen LogP contribution in [0.1, 0.15) is 56.5 Å². The van der Waals surface area contributed by atoms with Crippen LogP contribution >= 0.6 is 0 Å². The van der Waals surface area contributed by atoms with Gasteiger partial charge in [-0.3, -0.25) is 9.10 Å². The smallest absolute Gasteiger partial charge is 0.251 e. The van der Waals surface area contributed by atoms with Crippen LogP contribution in [0.5, 0.6) is 0 Å². The van der Waals surface area contributed by atoms with E-state index in [1.165, 1.54) is 4.31 Å². The van der Waals surface area contributed by atoms with Crippen LogP contribution < -0.4 is 20.3 Å². The van der Waals surface area contributed by atoms with E-state index in [0.29, 0.717) is 42.9 Å². The van der Waals surface area contributed by atoms with Crippen LogP contribution in [-0.4, -0.2) is 62.5 Å². The predicted molar refractivity (Wildman–Crippen MR) is 146 cm³/mol. The maximum Gasteiger partial charge on any atom is 0.251 e. The average molecular weight is 517 g/mol. The highest BCUT2D eigenvalue weighted by molar-refractivity contribution is 7.92. The van der Waals surface area contributed by atoms with Gasteiger partial charge in [0, 0.05) is 36.4 Å². The van der Waals surface area contributed by atoms with Crippen molar-refractivity contribution in [1.29, 1.82) is 0 Å². The zero-order chi connectivity index (χ0) is 26.3. The summed E-state index contributed by atoms with van der Waals surface area (Å²) in [6.45, 7) is 8.70. The van der Waals surface area contributed by atoms with Crippen LogP contribution in [0.25, 0.3) is 0 Å². The molecule has 2 atom stereocenters. The number of amides is 1. The van der Waals surface area contributed by atoms with Crippen molar-refractivity contribution in [3.05, 3.63) is 59.7 Å². The summed E-state index contributed by atoms with van der Waals surface area (Å²) in [4.78, 5) is 13.5. The average Bonchev–Trinajstić information content (AvgIpc) is 2.81. The minimum absolute atomic E-state index is 0.101. The number of carbonyl (C=O) groups is 1. The fourth-order valence-electron chi connectivity index (χ4n) is 4.28. The van der Waals surface area contributed by atoms with Gasteiger partial charge in [0.15, 0.2) is 0 Å². The molecule has 4 N–H and O–H groups in total. The third-order valence-corrected chi connectivity index (χ3v) is 7.96. The molecule has 36 heavy (non-hydrogen) atoms. The summed E-state index contributed by atoms with van der Waals surface area (Å²) in [5, 5.41) is 20.5. The molecule has 0 radical (unpaired) electrons. The molecule has 2 aromatic carbocycles. The molecule has 0 saturated carbocycles. The number of benzene rings is 2. The summed E-state index contributed by atoms with van der Waals surface area (Å²) in [6, 6.07) is 14.6. The van der Waals surface area contributed by atoms with Gasteiger partial charge < -0.3 is 21.1 Å². The Balaban J connectivity index is 1.90. The fraction of sp³-hybridized carbons (Fsp3) is 0.519. The summed E-state index contributed by atoms with van der Waals surface area (Å²) in [5.41, 5.74) is 2.50. The van der Waals surface area contributed by atoms with E-state index < -0.39 is 22.2 Å². The first-order chi connectivity index (χ1) is 17.0. The summed E-state index contributed by atoms with van der Waals surface area (Å²) < 4.78 is 26.9. The molecule has 1 amide bonds. The first-order valence-corrected chi connectivity index (χ1v) is 14.3. The first kappa shape index (κ1) is 28.0. The Morgan fingerprint density at radius 3 is 2.39 bits per heavy atom. The molecule has 3 rings (SSSR count). The van der Waals surface area contributed by atoms with Crippen molar-refractivity contribution in [2.75, 3.05) is 28.5 Å². The van der Waals surface area contributed by atoms with E-state index in [0.717, 1.165) is 12.0 Å². The molecule has 8 nitrogen and oxygen atoms in total. The van der Waals surface area contributed by atoms with Crippen LogP contribution in [0.2, 0.25) is 0 Å². The number of anilines is 2. The van der Waals surface area contributed by atoms with Gasteiger partial charge in [-0.25, -0.2) is 8.42 Å². The lowest BCUT2D eigenvalue weighted by Gasteiger charge is -2.29. The standard InChI is InChI=1S/C27H40N4O4S/c1-19(2)28-18-26(32)25(14-21-10-6-5-7-11-21)30-27(33)22-15-23(29-20(3)4)17-24(16-22)31-12-8-9-13-36(31,34)35/h5-7,10-11,15-17,19-20,25-26,28-29,32H,8-9,12-14,18H2,1-4H3,(H,30,33)/t25-,26+/m0/s1. The van der Waals surface area contributed by atoms with E-state index in [4.69, 9.17) is 0 Å². The number of aliphatic hydroxyl groups excluding tert-OH is 1. The molecule has 1 heterocycles. The molecule has 0 unspecified atom stereocenters. The number of hydrogen-bond acceptors (Lipinski definition) is 6. The molecule has 0 spiro atoms. The predicted octanol–water partition coefficient (Wildman–Crippen LogP) is 3.14. The van der Waals surface area contributed by atoms with Crippen molar-refractivity contribution in [3.8, 4) is 0 Å². The molecule has 9 heteroatoms. The highest BCUT2D eigenvalue weighted by Crippen LogP contribution is 2.28. The fourth-order valence-corrected chi connectivity index (χ4v) is 5.91. The maximum absolute atomic E-state index is 13.5. The molecule has 1 saturated heterocycles. The van der Waals surface area contributed by atoms with E-state index in [2.05, 4.69) is 16.0 Å². The number of aliphatic hydroxyl groups is 1. The monoisotopic (exact) mass is 516 g/mol. The Kier molecular flexibility index (Phi) is 9.76. The number of rotatable bonds is 11. The van der Waals surface area contributed by atoms with Crippen molar-refractivity contribution < 1.29 is 18.3 Å². The minimum Gasteiger partial charge on any atom is -0.390 e. The van der Waals surface area contributed by atoms with Gasteiger partial charge >= 0.3 is 0 Å². The highest BCUT2D eigenvalue weighted by atomic mass is 32.2. The van der Waals surface area contributed by atoms with Crippen molar-refractivity contribution in [2.24, 2.45) is 0 Å². The Labute approximate surface area is 215 Å². The van der Waals surface area contributed by atoms with Crippen LogP contribution in [-0.2, 0) is 16.4 Å². The molecule has 0 aliphatic carbocycles. The zero-order valence-electron chi connectivity index (χ0n) is 21.7. The Bertz CT molecular complexity index is 1110. The van der Waals surface area contributed by atoms with E-state index in [1.807, 2.05) is 58.0 Å². The number of carbonyl (C=O) groups excluding carboxylic acids is 1. The Morgan fingerprint density at radius 2 is 1.75 bits per heavy atom. The third-order valence-electron chi connectivity index (χ3n) is 6.09. The lowest BCUT2D eigenvalue weighted by Crippen LogP contribution is -2.49. The van der Waals surface area contributed by atoms with Gasteiger partial charge in [-0.2, -0.15) is 0 Å². The molecule has 0 bridgehead atoms. The van der Waals surface area contributed by atoms with Crippen molar-refractivity contribution in [2.45, 2.75) is 71.2 Å². The van der Waals surface area contributed by atoms with Gasteiger partial charge in [0.1, 0.15) is 0 Å². The molecule has 1 aliphatic heterocycles. The van der Waals surface area contributed by atoms with Gasteiger partial charge in [0.2, 0.25) is 10.0 Å². The Morgan fingerprint density at radius 1 is 1.03 bits per heavy atom.